The van der Waals surface area contributed by atoms with Crippen molar-refractivity contribution in [2.45, 2.75) is 11.1 Å². The molecule has 0 spiro atoms. The first-order valence-corrected chi connectivity index (χ1v) is 7.20. The van der Waals surface area contributed by atoms with E-state index in [1.165, 1.54) is 6.20 Å². The summed E-state index contributed by atoms with van der Waals surface area (Å²) in [4.78, 5) is 3.89. The lowest BCUT2D eigenvalue weighted by molar-refractivity contribution is 0.167. The first-order chi connectivity index (χ1) is 7.89. The Bertz CT molecular complexity index is 481. The average Bonchev–Trinajstić information content (AvgIpc) is 2.64. The van der Waals surface area contributed by atoms with Crippen LogP contribution in [0.4, 0.5) is 5.13 Å². The summed E-state index contributed by atoms with van der Waals surface area (Å²) in [6.07, 6.45) is 1.23. The Morgan fingerprint density at radius 2 is 2.41 bits per heavy atom. The lowest BCUT2D eigenvalue weighted by Crippen LogP contribution is -2.10. The van der Waals surface area contributed by atoms with Crippen LogP contribution in [0.2, 0.25) is 0 Å². The normalized spacial score (nSPS) is 11.4. The summed E-state index contributed by atoms with van der Waals surface area (Å²) in [5.41, 5.74) is 0.954. The predicted molar refractivity (Wildman–Crippen MR) is 67.6 cm³/mol. The number of nitrogens with one attached hydrogen (secondary N) is 1. The summed E-state index contributed by atoms with van der Waals surface area (Å²) >= 11 is 0.996. The molecule has 0 atom stereocenters. The van der Waals surface area contributed by atoms with Gasteiger partial charge in [-0.1, -0.05) is 23.5 Å². The summed E-state index contributed by atoms with van der Waals surface area (Å²) < 4.78 is 27.3. The Morgan fingerprint density at radius 3 is 2.94 bits per heavy atom. The second-order valence-corrected chi connectivity index (χ2v) is 6.28. The number of anilines is 1. The molecule has 0 aliphatic carbocycles. The van der Waals surface area contributed by atoms with Gasteiger partial charge in [0.2, 0.25) is 10.0 Å². The Balaban J connectivity index is 2.33. The molecule has 0 fully saturated rings. The number of hydrogen-bond donors (Lipinski definition) is 2. The smallest absolute Gasteiger partial charge is 0.249 e. The van der Waals surface area contributed by atoms with Crippen molar-refractivity contribution in [2.75, 3.05) is 25.1 Å². The molecule has 8 heteroatoms. The highest BCUT2D eigenvalue weighted by atomic mass is 32.2. The van der Waals surface area contributed by atoms with Crippen molar-refractivity contribution < 1.29 is 13.2 Å². The topological polar surface area (TPSA) is 94.3 Å². The fraction of sp³-hybridized carbons (Fsp3) is 0.444. The maximum absolute atomic E-state index is 11.0. The number of primary sulfonamides is 1. The van der Waals surface area contributed by atoms with Crippen LogP contribution in [0.3, 0.4) is 0 Å². The molecule has 6 nitrogen and oxygen atoms in total. The quantitative estimate of drug-likeness (QED) is 0.568. The van der Waals surface area contributed by atoms with Crippen LogP contribution < -0.4 is 10.5 Å². The van der Waals surface area contributed by atoms with Gasteiger partial charge in [-0.05, 0) is 6.92 Å². The van der Waals surface area contributed by atoms with Crippen molar-refractivity contribution in [3.05, 3.63) is 18.3 Å². The van der Waals surface area contributed by atoms with Gasteiger partial charge in [0.05, 0.1) is 19.4 Å². The number of sulfonamides is 1. The molecule has 96 valence electrons. The number of aromatic nitrogens is 1. The first kappa shape index (κ1) is 14.1. The highest BCUT2D eigenvalue weighted by Crippen LogP contribution is 2.20. The Morgan fingerprint density at radius 1 is 1.71 bits per heavy atom. The van der Waals surface area contributed by atoms with E-state index in [1.807, 2.05) is 6.92 Å². The van der Waals surface area contributed by atoms with Crippen LogP contribution in [0.5, 0.6) is 0 Å². The Hall–Kier alpha value is -0.960. The van der Waals surface area contributed by atoms with Crippen LogP contribution in [-0.2, 0) is 14.8 Å². The van der Waals surface area contributed by atoms with Crippen LogP contribution in [0.15, 0.2) is 22.6 Å². The van der Waals surface area contributed by atoms with Crippen molar-refractivity contribution >= 4 is 26.5 Å². The van der Waals surface area contributed by atoms with Gasteiger partial charge >= 0.3 is 0 Å². The zero-order chi connectivity index (χ0) is 12.9. The second kappa shape index (κ2) is 6.10. The molecular formula is C9H15N3O3S2. The van der Waals surface area contributed by atoms with Crippen molar-refractivity contribution in [1.29, 1.82) is 0 Å². The van der Waals surface area contributed by atoms with E-state index >= 15 is 0 Å². The molecule has 17 heavy (non-hydrogen) atoms. The van der Waals surface area contributed by atoms with E-state index in [9.17, 15) is 8.42 Å². The van der Waals surface area contributed by atoms with Crippen LogP contribution >= 0.6 is 11.3 Å². The summed E-state index contributed by atoms with van der Waals surface area (Å²) in [6.45, 7) is 7.15. The molecule has 0 aliphatic heterocycles. The molecule has 0 radical (unpaired) electrons. The van der Waals surface area contributed by atoms with Gasteiger partial charge < -0.3 is 10.1 Å². The van der Waals surface area contributed by atoms with Crippen molar-refractivity contribution in [3.8, 4) is 0 Å². The lowest BCUT2D eigenvalue weighted by atomic mass is 10.4. The third kappa shape index (κ3) is 5.26. The number of thiazole rings is 1. The minimum Gasteiger partial charge on any atom is -0.375 e. The molecule has 0 saturated heterocycles. The monoisotopic (exact) mass is 277 g/mol. The van der Waals surface area contributed by atoms with Crippen LogP contribution in [0, 0.1) is 0 Å². The second-order valence-electron chi connectivity index (χ2n) is 3.47. The molecule has 1 aromatic rings. The number of ether oxygens (including phenoxy) is 1. The Labute approximate surface area is 105 Å². The molecule has 3 N–H and O–H groups in total. The molecule has 0 aliphatic rings. The maximum atomic E-state index is 11.0. The lowest BCUT2D eigenvalue weighted by Gasteiger charge is -2.04. The van der Waals surface area contributed by atoms with E-state index in [1.54, 1.807) is 0 Å². The van der Waals surface area contributed by atoms with Crippen molar-refractivity contribution in [2.24, 2.45) is 5.14 Å². The standard InChI is InChI=1S/C9H15N3O3S2/c1-7(2)6-15-4-3-11-9-12-5-8(16-9)17(10,13)14/h5H,1,3-4,6H2,2H3,(H,11,12)(H2,10,13,14). The van der Waals surface area contributed by atoms with Crippen LogP contribution in [0.25, 0.3) is 0 Å². The number of nitrogens with zero attached hydrogens (tertiary/aromatic N) is 1. The molecule has 1 rings (SSSR count). The molecule has 0 bridgehead atoms. The summed E-state index contributed by atoms with van der Waals surface area (Å²) in [7, 11) is -3.66. The van der Waals surface area contributed by atoms with Gasteiger partial charge in [0.15, 0.2) is 9.34 Å². The fourth-order valence-electron chi connectivity index (χ4n) is 0.949. The summed E-state index contributed by atoms with van der Waals surface area (Å²) in [5.74, 6) is 0. The molecule has 1 heterocycles. The van der Waals surface area contributed by atoms with Gasteiger partial charge in [0.25, 0.3) is 0 Å². The average molecular weight is 277 g/mol. The first-order valence-electron chi connectivity index (χ1n) is 4.84. The number of nitrogens with two attached hydrogens (primary N) is 1. The highest BCUT2D eigenvalue weighted by Gasteiger charge is 2.11. The van der Waals surface area contributed by atoms with E-state index < -0.39 is 10.0 Å². The van der Waals surface area contributed by atoms with E-state index in [0.717, 1.165) is 16.9 Å². The van der Waals surface area contributed by atoms with Crippen LogP contribution in [0.1, 0.15) is 6.92 Å². The zero-order valence-electron chi connectivity index (χ0n) is 9.47. The molecule has 0 unspecified atom stereocenters. The summed E-state index contributed by atoms with van der Waals surface area (Å²) in [6, 6.07) is 0. The van der Waals surface area contributed by atoms with Crippen molar-refractivity contribution in [3.63, 3.8) is 0 Å². The van der Waals surface area contributed by atoms with E-state index in [4.69, 9.17) is 9.88 Å². The Kier molecular flexibility index (Phi) is 5.06. The molecule has 1 aromatic heterocycles. The predicted octanol–water partition coefficient (Wildman–Crippen LogP) is 0.795. The molecule has 0 saturated carbocycles. The van der Waals surface area contributed by atoms with E-state index in [-0.39, 0.29) is 4.21 Å². The van der Waals surface area contributed by atoms with Gasteiger partial charge in [-0.15, -0.1) is 0 Å². The molecule has 0 amide bonds. The van der Waals surface area contributed by atoms with Gasteiger partial charge in [0.1, 0.15) is 0 Å². The highest BCUT2D eigenvalue weighted by molar-refractivity contribution is 7.91. The van der Waals surface area contributed by atoms with Crippen LogP contribution in [-0.4, -0.2) is 33.2 Å². The van der Waals surface area contributed by atoms with E-state index in [2.05, 4.69) is 16.9 Å². The molecule has 0 aromatic carbocycles. The van der Waals surface area contributed by atoms with Gasteiger partial charge in [-0.2, -0.15) is 0 Å². The SMILES string of the molecule is C=C(C)COCCNc1ncc(S(N)(=O)=O)s1. The molecular weight excluding hydrogens is 262 g/mol. The fourth-order valence-corrected chi connectivity index (χ4v) is 2.43. The maximum Gasteiger partial charge on any atom is 0.249 e. The third-order valence-electron chi connectivity index (χ3n) is 1.64. The van der Waals surface area contributed by atoms with Crippen molar-refractivity contribution in [1.82, 2.24) is 4.98 Å². The van der Waals surface area contributed by atoms with Gasteiger partial charge in [-0.3, -0.25) is 0 Å². The number of hydrogen-bond acceptors (Lipinski definition) is 6. The summed E-state index contributed by atoms with van der Waals surface area (Å²) in [5, 5.41) is 8.41. The minimum absolute atomic E-state index is 0.0443. The van der Waals surface area contributed by atoms with Gasteiger partial charge in [-0.25, -0.2) is 18.5 Å². The van der Waals surface area contributed by atoms with E-state index in [0.29, 0.717) is 24.9 Å². The zero-order valence-corrected chi connectivity index (χ0v) is 11.1. The van der Waals surface area contributed by atoms with Gasteiger partial charge in [0, 0.05) is 6.54 Å². The third-order valence-corrected chi connectivity index (χ3v) is 4.00. The minimum atomic E-state index is -3.66. The largest absolute Gasteiger partial charge is 0.375 e. The number of rotatable bonds is 7.